The van der Waals surface area contributed by atoms with E-state index in [0.29, 0.717) is 47.8 Å². The van der Waals surface area contributed by atoms with Crippen molar-refractivity contribution >= 4 is 35.0 Å². The molecule has 1 aliphatic rings. The van der Waals surface area contributed by atoms with Gasteiger partial charge in [0.2, 0.25) is 5.91 Å². The van der Waals surface area contributed by atoms with Crippen molar-refractivity contribution in [2.24, 2.45) is 0 Å². The van der Waals surface area contributed by atoms with Crippen LogP contribution in [0.5, 0.6) is 17.2 Å². The quantitative estimate of drug-likeness (QED) is 0.712. The zero-order valence-corrected chi connectivity index (χ0v) is 15.9. The number of hydrogen-bond donors (Lipinski definition) is 1. The van der Waals surface area contributed by atoms with Crippen LogP contribution < -0.4 is 19.5 Å². The normalized spacial score (nSPS) is 13.8. The molecule has 1 atom stereocenters. The van der Waals surface area contributed by atoms with E-state index in [2.05, 4.69) is 5.32 Å². The van der Waals surface area contributed by atoms with Gasteiger partial charge in [-0.05, 0) is 43.3 Å². The maximum atomic E-state index is 12.3. The van der Waals surface area contributed by atoms with Crippen molar-refractivity contribution in [1.82, 2.24) is 0 Å². The number of nitrogens with one attached hydrogen (secondary N) is 1. The van der Waals surface area contributed by atoms with Crippen LogP contribution in [0.1, 0.15) is 6.92 Å². The van der Waals surface area contributed by atoms with E-state index in [1.807, 2.05) is 31.2 Å². The summed E-state index contributed by atoms with van der Waals surface area (Å²) in [5, 5.41) is 3.39. The molecule has 0 saturated heterocycles. The van der Waals surface area contributed by atoms with E-state index in [4.69, 9.17) is 25.8 Å². The third-order valence-electron chi connectivity index (χ3n) is 3.71. The molecule has 0 fully saturated rings. The lowest BCUT2D eigenvalue weighted by Crippen LogP contribution is -2.23. The smallest absolute Gasteiger partial charge is 0.237 e. The maximum Gasteiger partial charge on any atom is 0.237 e. The summed E-state index contributed by atoms with van der Waals surface area (Å²) < 4.78 is 16.6. The number of rotatable bonds is 7. The summed E-state index contributed by atoms with van der Waals surface area (Å²) in [7, 11) is 0. The number of fused-ring (bicyclic) bond motifs is 1. The van der Waals surface area contributed by atoms with E-state index >= 15 is 0 Å². The van der Waals surface area contributed by atoms with E-state index in [-0.39, 0.29) is 11.2 Å². The summed E-state index contributed by atoms with van der Waals surface area (Å²) in [6.07, 6.45) is 0. The van der Waals surface area contributed by atoms with Gasteiger partial charge in [-0.1, -0.05) is 11.6 Å². The number of amides is 1. The average molecular weight is 394 g/mol. The highest BCUT2D eigenvalue weighted by molar-refractivity contribution is 8.00. The lowest BCUT2D eigenvalue weighted by Gasteiger charge is -2.19. The number of anilines is 1. The lowest BCUT2D eigenvalue weighted by molar-refractivity contribution is -0.115. The fraction of sp³-hybridized carbons (Fsp3) is 0.316. The number of carbonyl (C=O) groups is 1. The fourth-order valence-corrected chi connectivity index (χ4v) is 3.23. The lowest BCUT2D eigenvalue weighted by atomic mass is 10.2. The molecule has 0 spiro atoms. The number of hydrogen-bond acceptors (Lipinski definition) is 5. The standard InChI is InChI=1S/C19H20ClNO4S/c1-13(26-11-10-23-16-5-2-14(20)3-6-16)19(22)21-15-4-7-17-18(12-15)25-9-8-24-17/h2-7,12-13H,8-11H2,1H3,(H,21,22). The van der Waals surface area contributed by atoms with E-state index in [0.717, 1.165) is 5.75 Å². The molecule has 1 aliphatic heterocycles. The minimum Gasteiger partial charge on any atom is -0.493 e. The average Bonchev–Trinajstić information content (AvgIpc) is 2.66. The first-order valence-electron chi connectivity index (χ1n) is 8.32. The number of thioether (sulfide) groups is 1. The second-order valence-corrected chi connectivity index (χ2v) is 7.55. The van der Waals surface area contributed by atoms with Gasteiger partial charge in [0.15, 0.2) is 11.5 Å². The van der Waals surface area contributed by atoms with E-state index in [1.165, 1.54) is 11.8 Å². The molecule has 7 heteroatoms. The fourth-order valence-electron chi connectivity index (χ4n) is 2.36. The Kier molecular flexibility index (Phi) is 6.52. The summed E-state index contributed by atoms with van der Waals surface area (Å²) in [6, 6.07) is 12.6. The van der Waals surface area contributed by atoms with Crippen molar-refractivity contribution in [3.63, 3.8) is 0 Å². The molecule has 0 radical (unpaired) electrons. The van der Waals surface area contributed by atoms with Crippen LogP contribution in [-0.4, -0.2) is 36.7 Å². The molecule has 26 heavy (non-hydrogen) atoms. The Bertz CT molecular complexity index is 754. The molecule has 3 rings (SSSR count). The predicted octanol–water partition coefficient (Wildman–Crippen LogP) is 4.25. The third kappa shape index (κ3) is 5.22. The summed E-state index contributed by atoms with van der Waals surface area (Å²) in [4.78, 5) is 12.3. The highest BCUT2D eigenvalue weighted by Crippen LogP contribution is 2.32. The van der Waals surface area contributed by atoms with Crippen LogP contribution in [0, 0.1) is 0 Å². The van der Waals surface area contributed by atoms with Crippen molar-refractivity contribution in [3.8, 4) is 17.2 Å². The second kappa shape index (κ2) is 9.05. The molecule has 138 valence electrons. The van der Waals surface area contributed by atoms with Crippen molar-refractivity contribution in [3.05, 3.63) is 47.5 Å². The summed E-state index contributed by atoms with van der Waals surface area (Å²) >= 11 is 7.37. The monoisotopic (exact) mass is 393 g/mol. The summed E-state index contributed by atoms with van der Waals surface area (Å²) in [5.41, 5.74) is 0.698. The first-order valence-corrected chi connectivity index (χ1v) is 9.75. The molecule has 1 amide bonds. The number of halogens is 1. The molecule has 1 heterocycles. The summed E-state index contributed by atoms with van der Waals surface area (Å²) in [6.45, 7) is 3.46. The van der Waals surface area contributed by atoms with Crippen LogP contribution in [0.2, 0.25) is 5.02 Å². The topological polar surface area (TPSA) is 56.8 Å². The number of benzene rings is 2. The Morgan fingerprint density at radius 2 is 1.92 bits per heavy atom. The van der Waals surface area contributed by atoms with Crippen molar-refractivity contribution < 1.29 is 19.0 Å². The van der Waals surface area contributed by atoms with E-state index in [1.54, 1.807) is 18.2 Å². The molecule has 5 nitrogen and oxygen atoms in total. The van der Waals surface area contributed by atoms with Crippen LogP contribution in [0.25, 0.3) is 0 Å². The Morgan fingerprint density at radius 3 is 2.69 bits per heavy atom. The van der Waals surface area contributed by atoms with Gasteiger partial charge in [0.1, 0.15) is 19.0 Å². The first kappa shape index (κ1) is 18.7. The Morgan fingerprint density at radius 1 is 1.19 bits per heavy atom. The van der Waals surface area contributed by atoms with Crippen molar-refractivity contribution in [2.75, 3.05) is 30.9 Å². The minimum absolute atomic E-state index is 0.0572. The molecule has 0 bridgehead atoms. The molecule has 0 aromatic heterocycles. The Hall–Kier alpha value is -2.05. The SMILES string of the molecule is CC(SCCOc1ccc(Cl)cc1)C(=O)Nc1ccc2c(c1)OCCO2. The Labute approximate surface area is 162 Å². The van der Waals surface area contributed by atoms with Crippen LogP contribution in [-0.2, 0) is 4.79 Å². The molecule has 0 aliphatic carbocycles. The van der Waals surface area contributed by atoms with Gasteiger partial charge in [0.25, 0.3) is 0 Å². The minimum atomic E-state index is -0.197. The molecule has 0 saturated carbocycles. The van der Waals surface area contributed by atoms with Gasteiger partial charge in [0, 0.05) is 22.5 Å². The molecular weight excluding hydrogens is 374 g/mol. The zero-order valence-electron chi connectivity index (χ0n) is 14.4. The predicted molar refractivity (Wildman–Crippen MR) is 105 cm³/mol. The third-order valence-corrected chi connectivity index (χ3v) is 5.08. The van der Waals surface area contributed by atoms with Crippen LogP contribution in [0.15, 0.2) is 42.5 Å². The molecule has 2 aromatic carbocycles. The van der Waals surface area contributed by atoms with Gasteiger partial charge in [-0.3, -0.25) is 4.79 Å². The highest BCUT2D eigenvalue weighted by Gasteiger charge is 2.16. The number of carbonyl (C=O) groups excluding carboxylic acids is 1. The van der Waals surface area contributed by atoms with Gasteiger partial charge in [-0.25, -0.2) is 0 Å². The van der Waals surface area contributed by atoms with Gasteiger partial charge < -0.3 is 19.5 Å². The molecular formula is C19H20ClNO4S. The Balaban J connectivity index is 1.42. The summed E-state index contributed by atoms with van der Waals surface area (Å²) in [5.74, 6) is 2.78. The molecule has 1 N–H and O–H groups in total. The van der Waals surface area contributed by atoms with Crippen LogP contribution in [0.3, 0.4) is 0 Å². The largest absolute Gasteiger partial charge is 0.493 e. The number of ether oxygens (including phenoxy) is 3. The van der Waals surface area contributed by atoms with Crippen LogP contribution in [0.4, 0.5) is 5.69 Å². The van der Waals surface area contributed by atoms with Gasteiger partial charge >= 0.3 is 0 Å². The van der Waals surface area contributed by atoms with Gasteiger partial charge in [0.05, 0.1) is 11.9 Å². The van der Waals surface area contributed by atoms with Gasteiger partial charge in [-0.15, -0.1) is 11.8 Å². The maximum absolute atomic E-state index is 12.3. The van der Waals surface area contributed by atoms with E-state index in [9.17, 15) is 4.79 Å². The van der Waals surface area contributed by atoms with Crippen molar-refractivity contribution in [2.45, 2.75) is 12.2 Å². The zero-order chi connectivity index (χ0) is 18.4. The second-order valence-electron chi connectivity index (χ2n) is 5.66. The van der Waals surface area contributed by atoms with Crippen LogP contribution >= 0.6 is 23.4 Å². The first-order chi connectivity index (χ1) is 12.6. The van der Waals surface area contributed by atoms with Crippen molar-refractivity contribution in [1.29, 1.82) is 0 Å². The van der Waals surface area contributed by atoms with E-state index < -0.39 is 0 Å². The van der Waals surface area contributed by atoms with Gasteiger partial charge in [-0.2, -0.15) is 0 Å². The molecule has 1 unspecified atom stereocenters. The molecule has 2 aromatic rings. The highest BCUT2D eigenvalue weighted by atomic mass is 35.5.